The van der Waals surface area contributed by atoms with Crippen LogP contribution in [0.5, 0.6) is 0 Å². The molecule has 0 spiro atoms. The van der Waals surface area contributed by atoms with Gasteiger partial charge in [0.2, 0.25) is 0 Å². The van der Waals surface area contributed by atoms with Crippen LogP contribution in [0.3, 0.4) is 0 Å². The Morgan fingerprint density at radius 2 is 2.10 bits per heavy atom. The van der Waals surface area contributed by atoms with Gasteiger partial charge in [0.05, 0.1) is 6.10 Å². The highest BCUT2D eigenvalue weighted by molar-refractivity contribution is 5.90. The molecule has 21 heavy (non-hydrogen) atoms. The zero-order valence-corrected chi connectivity index (χ0v) is 12.2. The Labute approximate surface area is 123 Å². The summed E-state index contributed by atoms with van der Waals surface area (Å²) in [6.07, 6.45) is 0.136. The summed E-state index contributed by atoms with van der Waals surface area (Å²) in [4.78, 5) is 22.6. The molecule has 2 unspecified atom stereocenters. The van der Waals surface area contributed by atoms with Crippen LogP contribution in [-0.4, -0.2) is 35.9 Å². The van der Waals surface area contributed by atoms with Crippen LogP contribution in [0.1, 0.15) is 24.0 Å². The van der Waals surface area contributed by atoms with Crippen LogP contribution < -0.4 is 10.6 Å². The Hall–Kier alpha value is -2.08. The van der Waals surface area contributed by atoms with Crippen molar-refractivity contribution in [2.75, 3.05) is 11.9 Å². The van der Waals surface area contributed by atoms with Gasteiger partial charge in [-0.1, -0.05) is 17.7 Å². The summed E-state index contributed by atoms with van der Waals surface area (Å²) >= 11 is 0. The lowest BCUT2D eigenvalue weighted by Gasteiger charge is -2.14. The Kier molecular flexibility index (Phi) is 4.80. The van der Waals surface area contributed by atoms with E-state index < -0.39 is 12.1 Å². The minimum Gasteiger partial charge on any atom is -0.479 e. The highest BCUT2D eigenvalue weighted by Crippen LogP contribution is 2.19. The SMILES string of the molecule is Cc1ccc(NC(=O)NCC2CCC(C(=O)O)O2)c(C)c1. The second-order valence-electron chi connectivity index (χ2n) is 5.32. The van der Waals surface area contributed by atoms with E-state index in [2.05, 4.69) is 10.6 Å². The van der Waals surface area contributed by atoms with E-state index in [9.17, 15) is 9.59 Å². The number of carbonyl (C=O) groups excluding carboxylic acids is 1. The fourth-order valence-corrected chi connectivity index (χ4v) is 2.36. The van der Waals surface area contributed by atoms with E-state index in [-0.39, 0.29) is 12.1 Å². The molecular formula is C15H20N2O4. The van der Waals surface area contributed by atoms with E-state index in [0.717, 1.165) is 16.8 Å². The summed E-state index contributed by atoms with van der Waals surface area (Å²) in [5.74, 6) is -0.947. The van der Waals surface area contributed by atoms with Gasteiger partial charge >= 0.3 is 12.0 Å². The van der Waals surface area contributed by atoms with Crippen LogP contribution in [0.2, 0.25) is 0 Å². The summed E-state index contributed by atoms with van der Waals surface area (Å²) < 4.78 is 5.32. The van der Waals surface area contributed by atoms with Gasteiger partial charge in [-0.15, -0.1) is 0 Å². The average Bonchev–Trinajstić information content (AvgIpc) is 2.89. The predicted molar refractivity (Wildman–Crippen MR) is 78.5 cm³/mol. The van der Waals surface area contributed by atoms with Gasteiger partial charge < -0.3 is 20.5 Å². The monoisotopic (exact) mass is 292 g/mol. The highest BCUT2D eigenvalue weighted by Gasteiger charge is 2.30. The molecule has 1 aliphatic heterocycles. The van der Waals surface area contributed by atoms with E-state index in [1.807, 2.05) is 32.0 Å². The number of anilines is 1. The minimum absolute atomic E-state index is 0.240. The molecule has 1 aliphatic rings. The number of hydrogen-bond acceptors (Lipinski definition) is 3. The Morgan fingerprint density at radius 3 is 2.71 bits per heavy atom. The summed E-state index contributed by atoms with van der Waals surface area (Å²) in [6.45, 7) is 4.23. The van der Waals surface area contributed by atoms with Crippen molar-refractivity contribution in [3.8, 4) is 0 Å². The molecule has 1 heterocycles. The van der Waals surface area contributed by atoms with Gasteiger partial charge in [-0.3, -0.25) is 0 Å². The summed E-state index contributed by atoms with van der Waals surface area (Å²) in [6, 6.07) is 5.47. The first kappa shape index (κ1) is 15.3. The number of urea groups is 1. The number of carboxylic acid groups (broad SMARTS) is 1. The fourth-order valence-electron chi connectivity index (χ4n) is 2.36. The molecule has 0 saturated carbocycles. The van der Waals surface area contributed by atoms with Crippen molar-refractivity contribution in [2.45, 2.75) is 38.9 Å². The van der Waals surface area contributed by atoms with Gasteiger partial charge in [0.15, 0.2) is 6.10 Å². The van der Waals surface area contributed by atoms with Crippen LogP contribution in [0, 0.1) is 13.8 Å². The molecule has 114 valence electrons. The molecule has 3 N–H and O–H groups in total. The van der Waals surface area contributed by atoms with Crippen molar-refractivity contribution in [1.82, 2.24) is 5.32 Å². The third-order valence-electron chi connectivity index (χ3n) is 3.50. The molecule has 0 aliphatic carbocycles. The summed E-state index contributed by atoms with van der Waals surface area (Å²) in [7, 11) is 0. The number of hydrogen-bond donors (Lipinski definition) is 3. The predicted octanol–water partition coefficient (Wildman–Crippen LogP) is 2.06. The van der Waals surface area contributed by atoms with Gasteiger partial charge in [-0.05, 0) is 38.3 Å². The number of rotatable bonds is 4. The number of nitrogens with one attached hydrogen (secondary N) is 2. The molecule has 6 heteroatoms. The normalized spacial score (nSPS) is 21.0. The standard InChI is InChI=1S/C15H20N2O4/c1-9-3-5-12(10(2)7-9)17-15(20)16-8-11-4-6-13(21-11)14(18)19/h3,5,7,11,13H,4,6,8H2,1-2H3,(H,18,19)(H2,16,17,20). The summed E-state index contributed by atoms with van der Waals surface area (Å²) in [5, 5.41) is 14.3. The highest BCUT2D eigenvalue weighted by atomic mass is 16.5. The molecule has 2 amide bonds. The van der Waals surface area contributed by atoms with Gasteiger partial charge in [0.25, 0.3) is 0 Å². The van der Waals surface area contributed by atoms with Crippen molar-refractivity contribution in [1.29, 1.82) is 0 Å². The number of aliphatic carboxylic acids is 1. The van der Waals surface area contributed by atoms with Crippen molar-refractivity contribution >= 4 is 17.7 Å². The van der Waals surface area contributed by atoms with E-state index >= 15 is 0 Å². The Balaban J connectivity index is 1.79. The molecule has 2 atom stereocenters. The number of benzene rings is 1. The largest absolute Gasteiger partial charge is 0.479 e. The third kappa shape index (κ3) is 4.19. The lowest BCUT2D eigenvalue weighted by Crippen LogP contribution is -2.36. The van der Waals surface area contributed by atoms with Crippen LogP contribution in [0.25, 0.3) is 0 Å². The molecule has 2 rings (SSSR count). The molecular weight excluding hydrogens is 272 g/mol. The van der Waals surface area contributed by atoms with E-state index in [1.165, 1.54) is 0 Å². The Morgan fingerprint density at radius 1 is 1.33 bits per heavy atom. The van der Waals surface area contributed by atoms with Gasteiger partial charge in [0.1, 0.15) is 0 Å². The number of aryl methyl sites for hydroxylation is 2. The van der Waals surface area contributed by atoms with E-state index in [0.29, 0.717) is 19.4 Å². The lowest BCUT2D eigenvalue weighted by molar-refractivity contribution is -0.149. The van der Waals surface area contributed by atoms with Crippen molar-refractivity contribution in [3.05, 3.63) is 29.3 Å². The zero-order chi connectivity index (χ0) is 15.4. The van der Waals surface area contributed by atoms with Crippen LogP contribution in [-0.2, 0) is 9.53 Å². The van der Waals surface area contributed by atoms with Gasteiger partial charge in [-0.25, -0.2) is 9.59 Å². The van der Waals surface area contributed by atoms with Crippen molar-refractivity contribution < 1.29 is 19.4 Å². The molecule has 0 aromatic heterocycles. The maximum Gasteiger partial charge on any atom is 0.332 e. The lowest BCUT2D eigenvalue weighted by atomic mass is 10.1. The van der Waals surface area contributed by atoms with Crippen molar-refractivity contribution in [3.63, 3.8) is 0 Å². The second kappa shape index (κ2) is 6.58. The maximum atomic E-state index is 11.8. The maximum absolute atomic E-state index is 11.8. The first-order chi connectivity index (χ1) is 9.95. The van der Waals surface area contributed by atoms with Gasteiger partial charge in [0, 0.05) is 12.2 Å². The number of amides is 2. The first-order valence-corrected chi connectivity index (χ1v) is 6.96. The third-order valence-corrected chi connectivity index (χ3v) is 3.50. The molecule has 1 aromatic carbocycles. The van der Waals surface area contributed by atoms with Crippen molar-refractivity contribution in [2.24, 2.45) is 0 Å². The quantitative estimate of drug-likeness (QED) is 0.792. The second-order valence-corrected chi connectivity index (χ2v) is 5.32. The number of carbonyl (C=O) groups is 2. The fraction of sp³-hybridized carbons (Fsp3) is 0.467. The van der Waals surface area contributed by atoms with E-state index in [4.69, 9.17) is 9.84 Å². The molecule has 1 fully saturated rings. The Bertz CT molecular complexity index is 544. The smallest absolute Gasteiger partial charge is 0.332 e. The minimum atomic E-state index is -0.947. The van der Waals surface area contributed by atoms with Crippen LogP contribution >= 0.6 is 0 Å². The molecule has 1 saturated heterocycles. The number of ether oxygens (including phenoxy) is 1. The molecule has 6 nitrogen and oxygen atoms in total. The van der Waals surface area contributed by atoms with E-state index in [1.54, 1.807) is 0 Å². The first-order valence-electron chi connectivity index (χ1n) is 6.96. The van der Waals surface area contributed by atoms with Crippen LogP contribution in [0.15, 0.2) is 18.2 Å². The topological polar surface area (TPSA) is 87.7 Å². The number of carboxylic acids is 1. The van der Waals surface area contributed by atoms with Gasteiger partial charge in [-0.2, -0.15) is 0 Å². The van der Waals surface area contributed by atoms with Crippen LogP contribution in [0.4, 0.5) is 10.5 Å². The molecule has 1 aromatic rings. The molecule has 0 radical (unpaired) electrons. The average molecular weight is 292 g/mol. The molecule has 0 bridgehead atoms. The zero-order valence-electron chi connectivity index (χ0n) is 12.2. The summed E-state index contributed by atoms with van der Waals surface area (Å²) in [5.41, 5.74) is 2.89.